The maximum atomic E-state index is 12.4. The van der Waals surface area contributed by atoms with Gasteiger partial charge in [0.25, 0.3) is 11.8 Å². The summed E-state index contributed by atoms with van der Waals surface area (Å²) in [6.45, 7) is 0. The summed E-state index contributed by atoms with van der Waals surface area (Å²) < 4.78 is 0. The number of nitrogens with one attached hydrogen (secondary N) is 2. The summed E-state index contributed by atoms with van der Waals surface area (Å²) in [5, 5.41) is 7.81. The van der Waals surface area contributed by atoms with E-state index in [0.717, 1.165) is 11.3 Å². The average Bonchev–Trinajstić information content (AvgIpc) is 3.04. The Morgan fingerprint density at radius 1 is 1.15 bits per heavy atom. The molecule has 0 fully saturated rings. The third-order valence-electron chi connectivity index (χ3n) is 3.98. The van der Waals surface area contributed by atoms with Crippen molar-refractivity contribution in [2.24, 2.45) is 10.2 Å². The monoisotopic (exact) mass is 349 g/mol. The van der Waals surface area contributed by atoms with Gasteiger partial charge in [0.05, 0.1) is 6.21 Å². The molecule has 0 radical (unpaired) electrons. The SMILES string of the molecule is CN(C)c1ccc(/C=N/NC(=O)C2=NNC(=O)C2c2ccccc2)cc1. The lowest BCUT2D eigenvalue weighted by Gasteiger charge is -2.11. The normalized spacial score (nSPS) is 16.3. The molecule has 0 saturated carbocycles. The van der Waals surface area contributed by atoms with Gasteiger partial charge in [-0.3, -0.25) is 9.59 Å². The fourth-order valence-electron chi connectivity index (χ4n) is 2.59. The van der Waals surface area contributed by atoms with Gasteiger partial charge in [-0.05, 0) is 23.3 Å². The topological polar surface area (TPSA) is 86.2 Å². The smallest absolute Gasteiger partial charge is 0.288 e. The van der Waals surface area contributed by atoms with Crippen LogP contribution >= 0.6 is 0 Å². The average molecular weight is 349 g/mol. The number of nitrogens with zero attached hydrogens (tertiary/aromatic N) is 3. The molecule has 1 unspecified atom stereocenters. The van der Waals surface area contributed by atoms with Gasteiger partial charge >= 0.3 is 0 Å². The van der Waals surface area contributed by atoms with Gasteiger partial charge in [0.15, 0.2) is 0 Å². The van der Waals surface area contributed by atoms with Gasteiger partial charge in [-0.2, -0.15) is 10.2 Å². The van der Waals surface area contributed by atoms with Crippen molar-refractivity contribution in [3.05, 3.63) is 65.7 Å². The highest BCUT2D eigenvalue weighted by Gasteiger charge is 2.35. The molecule has 1 aliphatic rings. The molecule has 26 heavy (non-hydrogen) atoms. The van der Waals surface area contributed by atoms with Crippen LogP contribution in [0.15, 0.2) is 64.8 Å². The second-order valence-electron chi connectivity index (χ2n) is 6.00. The van der Waals surface area contributed by atoms with Crippen LogP contribution in [0.2, 0.25) is 0 Å². The Morgan fingerprint density at radius 3 is 2.50 bits per heavy atom. The zero-order valence-corrected chi connectivity index (χ0v) is 14.5. The van der Waals surface area contributed by atoms with Crippen molar-refractivity contribution in [2.45, 2.75) is 5.92 Å². The van der Waals surface area contributed by atoms with E-state index in [1.807, 2.05) is 61.5 Å². The van der Waals surface area contributed by atoms with Gasteiger partial charge in [-0.1, -0.05) is 42.5 Å². The molecule has 2 aromatic rings. The molecule has 2 amide bonds. The molecule has 1 heterocycles. The van der Waals surface area contributed by atoms with E-state index < -0.39 is 11.8 Å². The van der Waals surface area contributed by atoms with Gasteiger partial charge in [0.2, 0.25) is 0 Å². The molecule has 7 nitrogen and oxygen atoms in total. The number of carbonyl (C=O) groups is 2. The van der Waals surface area contributed by atoms with Gasteiger partial charge < -0.3 is 4.90 Å². The molecular formula is C19H19N5O2. The lowest BCUT2D eigenvalue weighted by Crippen LogP contribution is -2.32. The molecule has 0 aromatic heterocycles. The van der Waals surface area contributed by atoms with Crippen molar-refractivity contribution in [2.75, 3.05) is 19.0 Å². The lowest BCUT2D eigenvalue weighted by atomic mass is 9.94. The summed E-state index contributed by atoms with van der Waals surface area (Å²) >= 11 is 0. The third kappa shape index (κ3) is 3.77. The van der Waals surface area contributed by atoms with Gasteiger partial charge in [-0.25, -0.2) is 10.9 Å². The van der Waals surface area contributed by atoms with Crippen molar-refractivity contribution < 1.29 is 9.59 Å². The van der Waals surface area contributed by atoms with Crippen molar-refractivity contribution in [1.82, 2.24) is 10.9 Å². The summed E-state index contributed by atoms with van der Waals surface area (Å²) in [6.07, 6.45) is 1.54. The first-order valence-electron chi connectivity index (χ1n) is 8.09. The minimum Gasteiger partial charge on any atom is -0.378 e. The number of benzene rings is 2. The zero-order chi connectivity index (χ0) is 18.5. The van der Waals surface area contributed by atoms with Crippen LogP contribution in [0, 0.1) is 0 Å². The van der Waals surface area contributed by atoms with Crippen molar-refractivity contribution in [3.63, 3.8) is 0 Å². The number of amides is 2. The molecule has 0 bridgehead atoms. The summed E-state index contributed by atoms with van der Waals surface area (Å²) in [5.41, 5.74) is 7.51. The molecular weight excluding hydrogens is 330 g/mol. The quantitative estimate of drug-likeness (QED) is 0.633. The van der Waals surface area contributed by atoms with Crippen molar-refractivity contribution in [1.29, 1.82) is 0 Å². The molecule has 7 heteroatoms. The van der Waals surface area contributed by atoms with Crippen LogP contribution in [-0.4, -0.2) is 37.8 Å². The fraction of sp³-hybridized carbons (Fsp3) is 0.158. The van der Waals surface area contributed by atoms with Gasteiger partial charge in [0.1, 0.15) is 11.6 Å². The Kier molecular flexibility index (Phi) is 5.07. The molecule has 132 valence electrons. The molecule has 0 aliphatic carbocycles. The van der Waals surface area contributed by atoms with Crippen molar-refractivity contribution in [3.8, 4) is 0 Å². The van der Waals surface area contributed by atoms with Gasteiger partial charge in [0, 0.05) is 19.8 Å². The Balaban J connectivity index is 1.66. The largest absolute Gasteiger partial charge is 0.378 e. The van der Waals surface area contributed by atoms with Crippen LogP contribution < -0.4 is 15.8 Å². The minimum absolute atomic E-state index is 0.0984. The highest BCUT2D eigenvalue weighted by molar-refractivity contribution is 6.46. The lowest BCUT2D eigenvalue weighted by molar-refractivity contribution is -0.121. The van der Waals surface area contributed by atoms with E-state index in [1.54, 1.807) is 18.3 Å². The Morgan fingerprint density at radius 2 is 1.85 bits per heavy atom. The molecule has 2 aromatic carbocycles. The minimum atomic E-state index is -0.731. The zero-order valence-electron chi connectivity index (χ0n) is 14.5. The molecule has 0 saturated heterocycles. The molecule has 3 rings (SSSR count). The highest BCUT2D eigenvalue weighted by Crippen LogP contribution is 2.21. The van der Waals surface area contributed by atoms with Crippen LogP contribution in [0.4, 0.5) is 5.69 Å². The fourth-order valence-corrected chi connectivity index (χ4v) is 2.59. The number of hydrogen-bond acceptors (Lipinski definition) is 5. The summed E-state index contributed by atoms with van der Waals surface area (Å²) in [5.74, 6) is -1.58. The van der Waals surface area contributed by atoms with E-state index >= 15 is 0 Å². The Labute approximate surface area is 151 Å². The first-order chi connectivity index (χ1) is 12.6. The standard InChI is InChI=1S/C19H19N5O2/c1-24(2)15-10-8-13(9-11-15)12-20-22-19(26)17-16(18(25)23-21-17)14-6-4-3-5-7-14/h3-12,16H,1-2H3,(H,22,26)(H,23,25)/b20-12+. The second kappa shape index (κ2) is 7.60. The van der Waals surface area contributed by atoms with Crippen LogP contribution in [-0.2, 0) is 9.59 Å². The number of hydrogen-bond donors (Lipinski definition) is 2. The van der Waals surface area contributed by atoms with E-state index in [-0.39, 0.29) is 11.6 Å². The number of carbonyl (C=O) groups excluding carboxylic acids is 2. The highest BCUT2D eigenvalue weighted by atomic mass is 16.2. The van der Waals surface area contributed by atoms with Crippen molar-refractivity contribution >= 4 is 29.4 Å². The number of anilines is 1. The Bertz CT molecular complexity index is 857. The Hall–Kier alpha value is -3.48. The first kappa shape index (κ1) is 17.3. The van der Waals surface area contributed by atoms with Crippen LogP contribution in [0.5, 0.6) is 0 Å². The maximum Gasteiger partial charge on any atom is 0.288 e. The molecule has 0 spiro atoms. The number of rotatable bonds is 5. The van der Waals surface area contributed by atoms with E-state index in [4.69, 9.17) is 0 Å². The maximum absolute atomic E-state index is 12.4. The predicted octanol–water partition coefficient (Wildman–Crippen LogP) is 1.47. The second-order valence-corrected chi connectivity index (χ2v) is 6.00. The van der Waals surface area contributed by atoms with Crippen LogP contribution in [0.3, 0.4) is 0 Å². The summed E-state index contributed by atoms with van der Waals surface area (Å²) in [4.78, 5) is 26.4. The van der Waals surface area contributed by atoms with E-state index in [1.165, 1.54) is 0 Å². The summed E-state index contributed by atoms with van der Waals surface area (Å²) in [6, 6.07) is 16.8. The van der Waals surface area contributed by atoms with Crippen LogP contribution in [0.25, 0.3) is 0 Å². The third-order valence-corrected chi connectivity index (χ3v) is 3.98. The summed E-state index contributed by atoms with van der Waals surface area (Å²) in [7, 11) is 3.92. The molecule has 2 N–H and O–H groups in total. The van der Waals surface area contributed by atoms with E-state index in [2.05, 4.69) is 21.1 Å². The molecule has 1 aliphatic heterocycles. The molecule has 1 atom stereocenters. The predicted molar refractivity (Wildman–Crippen MR) is 101 cm³/mol. The van der Waals surface area contributed by atoms with Gasteiger partial charge in [-0.15, -0.1) is 0 Å². The van der Waals surface area contributed by atoms with E-state index in [9.17, 15) is 9.59 Å². The van der Waals surface area contributed by atoms with E-state index in [0.29, 0.717) is 5.56 Å². The number of hydrazone groups is 2. The first-order valence-corrected chi connectivity index (χ1v) is 8.09. The van der Waals surface area contributed by atoms with Crippen LogP contribution in [0.1, 0.15) is 17.0 Å².